The van der Waals surface area contributed by atoms with E-state index in [2.05, 4.69) is 22.8 Å². The summed E-state index contributed by atoms with van der Waals surface area (Å²) in [6.45, 7) is 3.69. The minimum Gasteiger partial charge on any atom is -0.373 e. The fraction of sp³-hybridized carbons (Fsp3) is 0.316. The second-order valence-electron chi connectivity index (χ2n) is 6.55. The second kappa shape index (κ2) is 6.93. The zero-order chi connectivity index (χ0) is 18.0. The van der Waals surface area contributed by atoms with Crippen molar-refractivity contribution in [2.75, 3.05) is 5.32 Å². The molecule has 1 amide bonds. The maximum Gasteiger partial charge on any atom is 0.293 e. The van der Waals surface area contributed by atoms with Crippen LogP contribution in [-0.2, 0) is 6.42 Å². The summed E-state index contributed by atoms with van der Waals surface area (Å²) in [5, 5.41) is 17.5. The van der Waals surface area contributed by atoms with Crippen LogP contribution in [0, 0.1) is 10.1 Å². The first-order valence-corrected chi connectivity index (χ1v) is 8.39. The van der Waals surface area contributed by atoms with Crippen LogP contribution < -0.4 is 10.6 Å². The molecule has 1 aliphatic carbocycles. The summed E-state index contributed by atoms with van der Waals surface area (Å²) >= 11 is 0. The van der Waals surface area contributed by atoms with Crippen LogP contribution in [0.15, 0.2) is 42.5 Å². The average Bonchev–Trinajstić information content (AvgIpc) is 2.97. The van der Waals surface area contributed by atoms with Gasteiger partial charge in [-0.15, -0.1) is 0 Å². The number of anilines is 1. The van der Waals surface area contributed by atoms with Gasteiger partial charge in [-0.3, -0.25) is 14.9 Å². The zero-order valence-corrected chi connectivity index (χ0v) is 14.3. The number of fused-ring (bicyclic) bond motifs is 1. The number of nitro benzene ring substituents is 1. The normalized spacial score (nSPS) is 15.7. The Kier molecular flexibility index (Phi) is 4.70. The van der Waals surface area contributed by atoms with Gasteiger partial charge in [-0.25, -0.2) is 0 Å². The Hall–Kier alpha value is -2.89. The molecule has 0 radical (unpaired) electrons. The first kappa shape index (κ1) is 17.0. The first-order valence-electron chi connectivity index (χ1n) is 8.39. The highest BCUT2D eigenvalue weighted by molar-refractivity contribution is 5.95. The summed E-state index contributed by atoms with van der Waals surface area (Å²) in [7, 11) is 0. The van der Waals surface area contributed by atoms with Gasteiger partial charge in [-0.05, 0) is 49.9 Å². The van der Waals surface area contributed by atoms with Crippen molar-refractivity contribution >= 4 is 17.3 Å². The molecule has 130 valence electrons. The fourth-order valence-corrected chi connectivity index (χ4v) is 3.19. The van der Waals surface area contributed by atoms with Crippen LogP contribution in [-0.4, -0.2) is 16.9 Å². The third kappa shape index (κ3) is 3.63. The standard InChI is InChI=1S/C19H21N3O3/c1-12(2)20-19(23)14-8-10-17(18(11-14)22(24)25)21-16-9-7-13-5-3-4-6-15(13)16/h3-6,8,10-12,16,21H,7,9H2,1-2H3,(H,20,23). The molecule has 3 rings (SSSR count). The van der Waals surface area contributed by atoms with Crippen LogP contribution in [0.5, 0.6) is 0 Å². The number of nitrogens with one attached hydrogen (secondary N) is 2. The Bertz CT molecular complexity index is 817. The number of rotatable bonds is 5. The molecule has 2 N–H and O–H groups in total. The molecule has 0 fully saturated rings. The molecule has 2 aromatic carbocycles. The van der Waals surface area contributed by atoms with E-state index in [4.69, 9.17) is 0 Å². The summed E-state index contributed by atoms with van der Waals surface area (Å²) in [6.07, 6.45) is 1.85. The lowest BCUT2D eigenvalue weighted by Crippen LogP contribution is -2.30. The topological polar surface area (TPSA) is 84.3 Å². The number of amides is 1. The second-order valence-corrected chi connectivity index (χ2v) is 6.55. The van der Waals surface area contributed by atoms with Gasteiger partial charge in [0.05, 0.1) is 11.0 Å². The van der Waals surface area contributed by atoms with Gasteiger partial charge in [0.1, 0.15) is 5.69 Å². The molecular weight excluding hydrogens is 318 g/mol. The quantitative estimate of drug-likeness (QED) is 0.640. The molecule has 1 unspecified atom stereocenters. The Morgan fingerprint density at radius 3 is 2.72 bits per heavy atom. The Morgan fingerprint density at radius 1 is 1.24 bits per heavy atom. The van der Waals surface area contributed by atoms with Crippen molar-refractivity contribution in [1.82, 2.24) is 5.32 Å². The minimum absolute atomic E-state index is 0.0284. The van der Waals surface area contributed by atoms with Crippen molar-refractivity contribution in [3.63, 3.8) is 0 Å². The van der Waals surface area contributed by atoms with Gasteiger partial charge in [-0.2, -0.15) is 0 Å². The van der Waals surface area contributed by atoms with E-state index >= 15 is 0 Å². The highest BCUT2D eigenvalue weighted by Crippen LogP contribution is 2.36. The minimum atomic E-state index is -0.449. The Labute approximate surface area is 146 Å². The number of aryl methyl sites for hydroxylation is 1. The molecule has 2 aromatic rings. The third-order valence-corrected chi connectivity index (χ3v) is 4.34. The van der Waals surface area contributed by atoms with Gasteiger partial charge in [0.2, 0.25) is 0 Å². The fourth-order valence-electron chi connectivity index (χ4n) is 3.19. The lowest BCUT2D eigenvalue weighted by Gasteiger charge is -2.16. The maximum atomic E-state index is 12.1. The summed E-state index contributed by atoms with van der Waals surface area (Å²) in [5.74, 6) is -0.309. The smallest absolute Gasteiger partial charge is 0.293 e. The first-order chi connectivity index (χ1) is 12.0. The van der Waals surface area contributed by atoms with Crippen LogP contribution in [0.4, 0.5) is 11.4 Å². The van der Waals surface area contributed by atoms with Crippen LogP contribution in [0.1, 0.15) is 47.8 Å². The number of hydrogen-bond acceptors (Lipinski definition) is 4. The monoisotopic (exact) mass is 339 g/mol. The molecule has 0 saturated heterocycles. The lowest BCUT2D eigenvalue weighted by molar-refractivity contribution is -0.384. The highest BCUT2D eigenvalue weighted by atomic mass is 16.6. The van der Waals surface area contributed by atoms with Gasteiger partial charge in [0, 0.05) is 17.7 Å². The number of nitro groups is 1. The molecule has 0 heterocycles. The number of carbonyl (C=O) groups excluding carboxylic acids is 1. The molecule has 0 spiro atoms. The predicted molar refractivity (Wildman–Crippen MR) is 96.8 cm³/mol. The van der Waals surface area contributed by atoms with E-state index in [0.717, 1.165) is 12.8 Å². The molecule has 6 nitrogen and oxygen atoms in total. The number of benzene rings is 2. The van der Waals surface area contributed by atoms with Gasteiger partial charge in [0.15, 0.2) is 0 Å². The SMILES string of the molecule is CC(C)NC(=O)c1ccc(NC2CCc3ccccc32)c([N+](=O)[O-])c1. The van der Waals surface area contributed by atoms with E-state index in [9.17, 15) is 14.9 Å². The number of nitrogens with zero attached hydrogens (tertiary/aromatic N) is 1. The molecule has 0 aromatic heterocycles. The molecular formula is C19H21N3O3. The van der Waals surface area contributed by atoms with Crippen LogP contribution in [0.3, 0.4) is 0 Å². The van der Waals surface area contributed by atoms with Gasteiger partial charge in [0.25, 0.3) is 11.6 Å². The van der Waals surface area contributed by atoms with E-state index in [1.807, 2.05) is 26.0 Å². The summed E-state index contributed by atoms with van der Waals surface area (Å²) in [5.41, 5.74) is 3.10. The number of carbonyl (C=O) groups is 1. The molecule has 1 atom stereocenters. The maximum absolute atomic E-state index is 12.1. The van der Waals surface area contributed by atoms with Crippen LogP contribution >= 0.6 is 0 Å². The molecule has 6 heteroatoms. The molecule has 0 aliphatic heterocycles. The highest BCUT2D eigenvalue weighted by Gasteiger charge is 2.25. The predicted octanol–water partition coefficient (Wildman–Crippen LogP) is 3.83. The van der Waals surface area contributed by atoms with E-state index in [-0.39, 0.29) is 29.2 Å². The van der Waals surface area contributed by atoms with Crippen molar-refractivity contribution in [2.45, 2.75) is 38.8 Å². The Balaban J connectivity index is 1.87. The summed E-state index contributed by atoms with van der Waals surface area (Å²) in [6, 6.07) is 12.7. The van der Waals surface area contributed by atoms with Gasteiger partial charge < -0.3 is 10.6 Å². The molecule has 0 saturated carbocycles. The van der Waals surface area contributed by atoms with Crippen molar-refractivity contribution in [3.05, 3.63) is 69.3 Å². The number of hydrogen-bond donors (Lipinski definition) is 2. The largest absolute Gasteiger partial charge is 0.373 e. The molecule has 25 heavy (non-hydrogen) atoms. The van der Waals surface area contributed by atoms with Crippen LogP contribution in [0.2, 0.25) is 0 Å². The average molecular weight is 339 g/mol. The van der Waals surface area contributed by atoms with Gasteiger partial charge in [-0.1, -0.05) is 24.3 Å². The summed E-state index contributed by atoms with van der Waals surface area (Å²) in [4.78, 5) is 23.1. The van der Waals surface area contributed by atoms with E-state index in [0.29, 0.717) is 5.69 Å². The van der Waals surface area contributed by atoms with Crippen molar-refractivity contribution in [1.29, 1.82) is 0 Å². The Morgan fingerprint density at radius 2 is 2.00 bits per heavy atom. The van der Waals surface area contributed by atoms with E-state index in [1.165, 1.54) is 17.2 Å². The van der Waals surface area contributed by atoms with Crippen LogP contribution in [0.25, 0.3) is 0 Å². The third-order valence-electron chi connectivity index (χ3n) is 4.34. The lowest BCUT2D eigenvalue weighted by atomic mass is 10.1. The van der Waals surface area contributed by atoms with Crippen molar-refractivity contribution in [3.8, 4) is 0 Å². The van der Waals surface area contributed by atoms with E-state index in [1.54, 1.807) is 12.1 Å². The zero-order valence-electron chi connectivity index (χ0n) is 14.3. The van der Waals surface area contributed by atoms with Crippen molar-refractivity contribution < 1.29 is 9.72 Å². The van der Waals surface area contributed by atoms with Crippen molar-refractivity contribution in [2.24, 2.45) is 0 Å². The molecule has 0 bridgehead atoms. The summed E-state index contributed by atoms with van der Waals surface area (Å²) < 4.78 is 0. The molecule has 1 aliphatic rings. The van der Waals surface area contributed by atoms with E-state index < -0.39 is 4.92 Å². The van der Waals surface area contributed by atoms with Gasteiger partial charge >= 0.3 is 0 Å².